The normalized spacial score (nSPS) is 24.6. The lowest BCUT2D eigenvalue weighted by atomic mass is 9.79. The van der Waals surface area contributed by atoms with Crippen molar-refractivity contribution in [1.82, 2.24) is 10.2 Å². The predicted molar refractivity (Wildman–Crippen MR) is 115 cm³/mol. The van der Waals surface area contributed by atoms with Crippen LogP contribution in [0.25, 0.3) is 0 Å². The number of hydrogen-bond acceptors (Lipinski definition) is 5. The molecule has 1 aromatic rings. The molecule has 4 rings (SSSR count). The molecule has 2 amide bonds. The van der Waals surface area contributed by atoms with Crippen molar-refractivity contribution in [2.45, 2.75) is 44.1 Å². The van der Waals surface area contributed by atoms with E-state index >= 15 is 0 Å². The number of nitrogens with zero attached hydrogens (tertiary/aromatic N) is 2. The van der Waals surface area contributed by atoms with Gasteiger partial charge >= 0.3 is 0 Å². The third-order valence-corrected chi connectivity index (χ3v) is 6.93. The maximum absolute atomic E-state index is 13.0. The van der Waals surface area contributed by atoms with Gasteiger partial charge in [-0.3, -0.25) is 14.5 Å². The standard InChI is InChI=1S/C23H33N3O4/c1-29-20-8-4-3-7-19(20)26-16-18(15-21(26)27)22(28)24-17-23(9-5-2-6-10-23)25-11-13-30-14-12-25/h3-4,7-8,18H,2,5-6,9-17H2,1H3,(H,24,28). The molecule has 0 bridgehead atoms. The van der Waals surface area contributed by atoms with Crippen LogP contribution in [0.4, 0.5) is 5.69 Å². The zero-order chi connectivity index (χ0) is 21.0. The Balaban J connectivity index is 1.40. The van der Waals surface area contributed by atoms with Crippen LogP contribution in [-0.4, -0.2) is 68.8 Å². The Morgan fingerprint density at radius 2 is 1.93 bits per heavy atom. The van der Waals surface area contributed by atoms with Crippen LogP contribution in [-0.2, 0) is 14.3 Å². The summed E-state index contributed by atoms with van der Waals surface area (Å²) in [6, 6.07) is 7.47. The van der Waals surface area contributed by atoms with Crippen LogP contribution in [0.5, 0.6) is 5.75 Å². The SMILES string of the molecule is COc1ccccc1N1CC(C(=O)NCC2(N3CCOCC3)CCCCC2)CC1=O. The molecule has 1 unspecified atom stereocenters. The van der Waals surface area contributed by atoms with Crippen LogP contribution in [0.3, 0.4) is 0 Å². The lowest BCUT2D eigenvalue weighted by molar-refractivity contribution is -0.127. The van der Waals surface area contributed by atoms with E-state index in [1.54, 1.807) is 12.0 Å². The van der Waals surface area contributed by atoms with Crippen LogP contribution in [0, 0.1) is 5.92 Å². The second kappa shape index (κ2) is 9.35. The third-order valence-electron chi connectivity index (χ3n) is 6.93. The van der Waals surface area contributed by atoms with Crippen molar-refractivity contribution in [2.75, 3.05) is 51.4 Å². The van der Waals surface area contributed by atoms with Crippen LogP contribution in [0.15, 0.2) is 24.3 Å². The van der Waals surface area contributed by atoms with Crippen molar-refractivity contribution < 1.29 is 19.1 Å². The van der Waals surface area contributed by atoms with E-state index in [1.165, 1.54) is 19.3 Å². The van der Waals surface area contributed by atoms with Gasteiger partial charge in [-0.05, 0) is 25.0 Å². The lowest BCUT2D eigenvalue weighted by Gasteiger charge is -2.48. The number of ether oxygens (including phenoxy) is 2. The molecule has 0 radical (unpaired) electrons. The van der Waals surface area contributed by atoms with E-state index in [9.17, 15) is 9.59 Å². The van der Waals surface area contributed by atoms with Gasteiger partial charge in [-0.15, -0.1) is 0 Å². The minimum atomic E-state index is -0.326. The number of hydrogen-bond donors (Lipinski definition) is 1. The van der Waals surface area contributed by atoms with Crippen LogP contribution in [0.2, 0.25) is 0 Å². The molecular weight excluding hydrogens is 382 g/mol. The molecule has 1 aromatic carbocycles. The van der Waals surface area contributed by atoms with Gasteiger partial charge in [-0.1, -0.05) is 31.4 Å². The van der Waals surface area contributed by atoms with E-state index in [2.05, 4.69) is 10.2 Å². The summed E-state index contributed by atoms with van der Waals surface area (Å²) < 4.78 is 10.9. The zero-order valence-corrected chi connectivity index (χ0v) is 17.9. The van der Waals surface area contributed by atoms with Crippen molar-refractivity contribution in [3.05, 3.63) is 24.3 Å². The second-order valence-electron chi connectivity index (χ2n) is 8.68. The monoisotopic (exact) mass is 415 g/mol. The molecule has 2 saturated heterocycles. The molecule has 2 aliphatic heterocycles. The van der Waals surface area contributed by atoms with Gasteiger partial charge in [0.25, 0.3) is 0 Å². The Morgan fingerprint density at radius 1 is 1.20 bits per heavy atom. The zero-order valence-electron chi connectivity index (χ0n) is 17.9. The van der Waals surface area contributed by atoms with E-state index in [4.69, 9.17) is 9.47 Å². The van der Waals surface area contributed by atoms with E-state index < -0.39 is 0 Å². The summed E-state index contributed by atoms with van der Waals surface area (Å²) in [6.45, 7) is 4.45. The molecule has 1 aliphatic carbocycles. The largest absolute Gasteiger partial charge is 0.495 e. The summed E-state index contributed by atoms with van der Waals surface area (Å²) in [5.41, 5.74) is 0.764. The van der Waals surface area contributed by atoms with Crippen LogP contribution >= 0.6 is 0 Å². The average molecular weight is 416 g/mol. The first-order valence-electron chi connectivity index (χ1n) is 11.2. The molecule has 2 heterocycles. The number of carbonyl (C=O) groups excluding carboxylic acids is 2. The fourth-order valence-electron chi connectivity index (χ4n) is 5.22. The number of benzene rings is 1. The second-order valence-corrected chi connectivity index (χ2v) is 8.68. The van der Waals surface area contributed by atoms with E-state index in [0.29, 0.717) is 18.8 Å². The highest BCUT2D eigenvalue weighted by molar-refractivity contribution is 6.01. The quantitative estimate of drug-likeness (QED) is 0.771. The molecule has 1 N–H and O–H groups in total. The molecule has 164 valence electrons. The van der Waals surface area contributed by atoms with Crippen LogP contribution in [0.1, 0.15) is 38.5 Å². The van der Waals surface area contributed by atoms with Gasteiger partial charge < -0.3 is 19.7 Å². The van der Waals surface area contributed by atoms with Crippen molar-refractivity contribution in [1.29, 1.82) is 0 Å². The van der Waals surface area contributed by atoms with Crippen molar-refractivity contribution >= 4 is 17.5 Å². The van der Waals surface area contributed by atoms with Gasteiger partial charge in [-0.25, -0.2) is 0 Å². The highest BCUT2D eigenvalue weighted by Gasteiger charge is 2.41. The molecule has 7 nitrogen and oxygen atoms in total. The first-order chi connectivity index (χ1) is 14.6. The summed E-state index contributed by atoms with van der Waals surface area (Å²) in [4.78, 5) is 29.9. The fraction of sp³-hybridized carbons (Fsp3) is 0.652. The Morgan fingerprint density at radius 3 is 2.67 bits per heavy atom. The minimum absolute atomic E-state index is 0.0149. The topological polar surface area (TPSA) is 71.1 Å². The van der Waals surface area contributed by atoms with Gasteiger partial charge in [0.1, 0.15) is 5.75 Å². The third kappa shape index (κ3) is 4.32. The smallest absolute Gasteiger partial charge is 0.227 e. The number of amides is 2. The summed E-state index contributed by atoms with van der Waals surface area (Å²) in [6.07, 6.45) is 6.15. The summed E-state index contributed by atoms with van der Waals surface area (Å²) in [5.74, 6) is 0.285. The average Bonchev–Trinajstić information content (AvgIpc) is 3.20. The van der Waals surface area contributed by atoms with Gasteiger partial charge in [0.05, 0.1) is 31.9 Å². The molecule has 3 aliphatic rings. The van der Waals surface area contributed by atoms with Gasteiger partial charge in [0, 0.05) is 38.1 Å². The van der Waals surface area contributed by atoms with Gasteiger partial charge in [0.15, 0.2) is 0 Å². The number of carbonyl (C=O) groups is 2. The predicted octanol–water partition coefficient (Wildman–Crippen LogP) is 2.20. The van der Waals surface area contributed by atoms with Crippen molar-refractivity contribution in [2.24, 2.45) is 5.92 Å². The molecular formula is C23H33N3O4. The lowest BCUT2D eigenvalue weighted by Crippen LogP contribution is -2.60. The van der Waals surface area contributed by atoms with Gasteiger partial charge in [-0.2, -0.15) is 0 Å². The van der Waals surface area contributed by atoms with E-state index in [0.717, 1.165) is 44.8 Å². The van der Waals surface area contributed by atoms with Crippen molar-refractivity contribution in [3.8, 4) is 5.75 Å². The van der Waals surface area contributed by atoms with E-state index in [-0.39, 0.29) is 29.7 Å². The number of anilines is 1. The molecule has 1 saturated carbocycles. The molecule has 30 heavy (non-hydrogen) atoms. The molecule has 0 aromatic heterocycles. The molecule has 7 heteroatoms. The van der Waals surface area contributed by atoms with Crippen molar-refractivity contribution in [3.63, 3.8) is 0 Å². The maximum atomic E-state index is 13.0. The Labute approximate surface area is 178 Å². The van der Waals surface area contributed by atoms with Crippen LogP contribution < -0.4 is 15.0 Å². The van der Waals surface area contributed by atoms with Gasteiger partial charge in [0.2, 0.25) is 11.8 Å². The first-order valence-corrected chi connectivity index (χ1v) is 11.2. The molecule has 1 atom stereocenters. The Bertz CT molecular complexity index is 757. The number of morpholine rings is 1. The fourth-order valence-corrected chi connectivity index (χ4v) is 5.22. The summed E-state index contributed by atoms with van der Waals surface area (Å²) in [5, 5.41) is 3.22. The number of methoxy groups -OCH3 is 1. The maximum Gasteiger partial charge on any atom is 0.227 e. The highest BCUT2D eigenvalue weighted by Crippen LogP contribution is 2.35. The Kier molecular flexibility index (Phi) is 6.58. The molecule has 3 fully saturated rings. The Hall–Kier alpha value is -2.12. The summed E-state index contributed by atoms with van der Waals surface area (Å²) in [7, 11) is 1.60. The number of para-hydroxylation sites is 2. The number of nitrogens with one attached hydrogen (secondary N) is 1. The molecule has 0 spiro atoms. The summed E-state index contributed by atoms with van der Waals surface area (Å²) >= 11 is 0. The van der Waals surface area contributed by atoms with E-state index in [1.807, 2.05) is 24.3 Å². The number of rotatable bonds is 6. The minimum Gasteiger partial charge on any atom is -0.495 e. The highest BCUT2D eigenvalue weighted by atomic mass is 16.5. The first kappa shape index (κ1) is 21.1.